The van der Waals surface area contributed by atoms with Gasteiger partial charge < -0.3 is 5.32 Å². The van der Waals surface area contributed by atoms with Gasteiger partial charge in [-0.2, -0.15) is 16.9 Å². The summed E-state index contributed by atoms with van der Waals surface area (Å²) in [6, 6.07) is 0. The number of nitrogens with one attached hydrogen (secondary N) is 1. The fourth-order valence-electron chi connectivity index (χ4n) is 1.37. The Morgan fingerprint density at radius 3 is 2.94 bits per heavy atom. The Kier molecular flexibility index (Phi) is 6.57. The first-order chi connectivity index (χ1) is 7.72. The second-order valence-corrected chi connectivity index (χ2v) is 5.50. The second kappa shape index (κ2) is 7.74. The molecule has 0 radical (unpaired) electrons. The van der Waals surface area contributed by atoms with Crippen LogP contribution < -0.4 is 5.32 Å². The second-order valence-electron chi connectivity index (χ2n) is 4.35. The quantitative estimate of drug-likeness (QED) is 0.709. The van der Waals surface area contributed by atoms with Crippen LogP contribution in [0.15, 0.2) is 12.4 Å². The summed E-state index contributed by atoms with van der Waals surface area (Å²) in [6.45, 7) is 9.59. The topological polar surface area (TPSA) is 29.9 Å². The van der Waals surface area contributed by atoms with Crippen LogP contribution in [0.5, 0.6) is 0 Å². The third kappa shape index (κ3) is 5.56. The van der Waals surface area contributed by atoms with Gasteiger partial charge in [0.2, 0.25) is 0 Å². The van der Waals surface area contributed by atoms with Crippen molar-refractivity contribution in [3.8, 4) is 0 Å². The molecule has 0 saturated heterocycles. The number of hydrogen-bond acceptors (Lipinski definition) is 3. The molecule has 3 nitrogen and oxygen atoms in total. The van der Waals surface area contributed by atoms with E-state index in [0.717, 1.165) is 25.6 Å². The fourth-order valence-corrected chi connectivity index (χ4v) is 2.29. The molecule has 0 saturated carbocycles. The summed E-state index contributed by atoms with van der Waals surface area (Å²) in [5, 5.41) is 7.68. The molecule has 0 atom stereocenters. The van der Waals surface area contributed by atoms with Crippen molar-refractivity contribution in [1.82, 2.24) is 15.1 Å². The molecule has 1 rings (SSSR count). The van der Waals surface area contributed by atoms with E-state index < -0.39 is 0 Å². The van der Waals surface area contributed by atoms with Crippen LogP contribution in [0.4, 0.5) is 0 Å². The molecule has 0 amide bonds. The molecular weight excluding hydrogens is 218 g/mol. The first kappa shape index (κ1) is 13.6. The zero-order chi connectivity index (χ0) is 11.8. The summed E-state index contributed by atoms with van der Waals surface area (Å²) < 4.78 is 1.96. The van der Waals surface area contributed by atoms with Gasteiger partial charge in [-0.1, -0.05) is 13.8 Å². The van der Waals surface area contributed by atoms with Gasteiger partial charge in [0, 0.05) is 37.1 Å². The normalized spacial score (nSPS) is 11.2. The van der Waals surface area contributed by atoms with E-state index in [0.29, 0.717) is 0 Å². The zero-order valence-electron chi connectivity index (χ0n) is 10.6. The van der Waals surface area contributed by atoms with Crippen LogP contribution in [0, 0.1) is 5.92 Å². The lowest BCUT2D eigenvalue weighted by atomic mass is 10.3. The Labute approximate surface area is 103 Å². The van der Waals surface area contributed by atoms with Crippen molar-refractivity contribution in [2.75, 3.05) is 18.1 Å². The van der Waals surface area contributed by atoms with Gasteiger partial charge >= 0.3 is 0 Å². The monoisotopic (exact) mass is 241 g/mol. The van der Waals surface area contributed by atoms with Crippen molar-refractivity contribution in [2.45, 2.75) is 33.9 Å². The maximum absolute atomic E-state index is 4.24. The average molecular weight is 241 g/mol. The van der Waals surface area contributed by atoms with Crippen LogP contribution in [-0.4, -0.2) is 27.8 Å². The van der Waals surface area contributed by atoms with Crippen LogP contribution in [0.1, 0.15) is 26.3 Å². The van der Waals surface area contributed by atoms with Crippen molar-refractivity contribution in [1.29, 1.82) is 0 Å². The SMILES string of the molecule is CCn1cc(CNCCSCC(C)C)cn1. The third-order valence-electron chi connectivity index (χ3n) is 2.21. The minimum atomic E-state index is 0.799. The standard InChI is InChI=1S/C12H23N3S/c1-4-15-9-12(8-14-15)7-13-5-6-16-10-11(2)3/h8-9,11,13H,4-7,10H2,1-3H3. The minimum absolute atomic E-state index is 0.799. The number of thioether (sulfide) groups is 1. The molecule has 0 aliphatic rings. The molecule has 0 fully saturated rings. The summed E-state index contributed by atoms with van der Waals surface area (Å²) in [7, 11) is 0. The van der Waals surface area contributed by atoms with Crippen molar-refractivity contribution < 1.29 is 0 Å². The van der Waals surface area contributed by atoms with E-state index in [1.165, 1.54) is 17.1 Å². The molecule has 0 spiro atoms. The van der Waals surface area contributed by atoms with Crippen LogP contribution in [0.2, 0.25) is 0 Å². The van der Waals surface area contributed by atoms with Gasteiger partial charge in [0.25, 0.3) is 0 Å². The molecule has 0 aliphatic heterocycles. The Morgan fingerprint density at radius 2 is 2.31 bits per heavy atom. The predicted molar refractivity (Wildman–Crippen MR) is 71.8 cm³/mol. The minimum Gasteiger partial charge on any atom is -0.312 e. The summed E-state index contributed by atoms with van der Waals surface area (Å²) in [6.07, 6.45) is 4.05. The first-order valence-corrected chi connectivity index (χ1v) is 7.17. The van der Waals surface area contributed by atoms with Gasteiger partial charge in [-0.3, -0.25) is 4.68 Å². The molecule has 92 valence electrons. The summed E-state index contributed by atoms with van der Waals surface area (Å²) >= 11 is 2.02. The average Bonchev–Trinajstić information content (AvgIpc) is 2.70. The largest absolute Gasteiger partial charge is 0.312 e. The molecule has 4 heteroatoms. The molecule has 0 aromatic carbocycles. The lowest BCUT2D eigenvalue weighted by molar-refractivity contribution is 0.657. The third-order valence-corrected chi connectivity index (χ3v) is 3.61. The molecule has 1 aromatic rings. The number of hydrogen-bond donors (Lipinski definition) is 1. The van der Waals surface area contributed by atoms with Gasteiger partial charge in [-0.15, -0.1) is 0 Å². The zero-order valence-corrected chi connectivity index (χ0v) is 11.4. The molecule has 0 unspecified atom stereocenters. The van der Waals surface area contributed by atoms with E-state index in [4.69, 9.17) is 0 Å². The van der Waals surface area contributed by atoms with Crippen LogP contribution in [0.25, 0.3) is 0 Å². The van der Waals surface area contributed by atoms with E-state index in [9.17, 15) is 0 Å². The molecule has 16 heavy (non-hydrogen) atoms. The van der Waals surface area contributed by atoms with Crippen LogP contribution in [-0.2, 0) is 13.1 Å². The Balaban J connectivity index is 2.02. The molecule has 1 aromatic heterocycles. The molecular formula is C12H23N3S. The lowest BCUT2D eigenvalue weighted by Gasteiger charge is -2.05. The fraction of sp³-hybridized carbons (Fsp3) is 0.750. The maximum Gasteiger partial charge on any atom is 0.0534 e. The number of nitrogens with zero attached hydrogens (tertiary/aromatic N) is 2. The van der Waals surface area contributed by atoms with Gasteiger partial charge in [0.1, 0.15) is 0 Å². The van der Waals surface area contributed by atoms with Crippen molar-refractivity contribution >= 4 is 11.8 Å². The van der Waals surface area contributed by atoms with Crippen molar-refractivity contribution in [3.05, 3.63) is 18.0 Å². The predicted octanol–water partition coefficient (Wildman–Crippen LogP) is 2.38. The Morgan fingerprint density at radius 1 is 1.50 bits per heavy atom. The highest BCUT2D eigenvalue weighted by Gasteiger charge is 1.97. The van der Waals surface area contributed by atoms with E-state index in [-0.39, 0.29) is 0 Å². The maximum atomic E-state index is 4.24. The van der Waals surface area contributed by atoms with Crippen molar-refractivity contribution in [3.63, 3.8) is 0 Å². The van der Waals surface area contributed by atoms with Gasteiger partial charge in [0.05, 0.1) is 6.20 Å². The Hall–Kier alpha value is -0.480. The first-order valence-electron chi connectivity index (χ1n) is 6.02. The highest BCUT2D eigenvalue weighted by atomic mass is 32.2. The van der Waals surface area contributed by atoms with Crippen molar-refractivity contribution in [2.24, 2.45) is 5.92 Å². The van der Waals surface area contributed by atoms with Crippen LogP contribution >= 0.6 is 11.8 Å². The lowest BCUT2D eigenvalue weighted by Crippen LogP contribution is -2.16. The van der Waals surface area contributed by atoms with E-state index in [1.54, 1.807) is 0 Å². The van der Waals surface area contributed by atoms with Gasteiger partial charge in [-0.05, 0) is 18.6 Å². The highest BCUT2D eigenvalue weighted by molar-refractivity contribution is 7.99. The van der Waals surface area contributed by atoms with Gasteiger partial charge in [-0.25, -0.2) is 0 Å². The van der Waals surface area contributed by atoms with E-state index in [2.05, 4.69) is 37.4 Å². The van der Waals surface area contributed by atoms with E-state index >= 15 is 0 Å². The molecule has 1 N–H and O–H groups in total. The highest BCUT2D eigenvalue weighted by Crippen LogP contribution is 2.06. The number of aromatic nitrogens is 2. The van der Waals surface area contributed by atoms with E-state index in [1.807, 2.05) is 22.6 Å². The molecule has 1 heterocycles. The summed E-state index contributed by atoms with van der Waals surface area (Å²) in [5.41, 5.74) is 1.27. The summed E-state index contributed by atoms with van der Waals surface area (Å²) in [5.74, 6) is 3.25. The number of rotatable bonds is 8. The molecule has 0 bridgehead atoms. The number of aryl methyl sites for hydroxylation is 1. The Bertz CT molecular complexity index is 284. The molecule has 0 aliphatic carbocycles. The van der Waals surface area contributed by atoms with Crippen LogP contribution in [0.3, 0.4) is 0 Å². The smallest absolute Gasteiger partial charge is 0.0534 e. The summed E-state index contributed by atoms with van der Waals surface area (Å²) in [4.78, 5) is 0. The van der Waals surface area contributed by atoms with Gasteiger partial charge in [0.15, 0.2) is 0 Å².